The number of aromatic nitrogens is 4. The van der Waals surface area contributed by atoms with Crippen LogP contribution in [0.3, 0.4) is 0 Å². The zero-order chi connectivity index (χ0) is 26.1. The number of hydrogen-bond donors (Lipinski definition) is 2. The molecule has 0 radical (unpaired) electrons. The van der Waals surface area contributed by atoms with E-state index in [9.17, 15) is 19.2 Å². The number of nitrogens with zero attached hydrogens (tertiary/aromatic N) is 4. The second-order valence-electron chi connectivity index (χ2n) is 8.55. The first-order valence-corrected chi connectivity index (χ1v) is 11.4. The summed E-state index contributed by atoms with van der Waals surface area (Å²) in [5, 5.41) is 19.6. The second-order valence-corrected chi connectivity index (χ2v) is 8.55. The predicted octanol–water partition coefficient (Wildman–Crippen LogP) is 2.11. The number of rotatable bonds is 7. The lowest BCUT2D eigenvalue weighted by Gasteiger charge is -2.12. The Morgan fingerprint density at radius 3 is 2.38 bits per heavy atom. The van der Waals surface area contributed by atoms with E-state index < -0.39 is 17.2 Å². The lowest BCUT2D eigenvalue weighted by Crippen LogP contribution is -2.39. The van der Waals surface area contributed by atoms with E-state index in [1.54, 1.807) is 49.5 Å². The summed E-state index contributed by atoms with van der Waals surface area (Å²) in [6.07, 6.45) is 0.353. The molecule has 11 nitrogen and oxygen atoms in total. The maximum Gasteiger partial charge on any atom is 0.335 e. The van der Waals surface area contributed by atoms with Crippen molar-refractivity contribution in [2.45, 2.75) is 19.5 Å². The number of carbonyl (C=O) groups excluding carboxylic acids is 1. The third-order valence-corrected chi connectivity index (χ3v) is 6.21. The van der Waals surface area contributed by atoms with E-state index >= 15 is 0 Å². The first-order chi connectivity index (χ1) is 17.8. The molecule has 0 saturated carbocycles. The fourth-order valence-electron chi connectivity index (χ4n) is 4.13. The predicted molar refractivity (Wildman–Crippen MR) is 134 cm³/mol. The van der Waals surface area contributed by atoms with E-state index in [4.69, 9.17) is 5.11 Å². The summed E-state index contributed by atoms with van der Waals surface area (Å²) < 4.78 is 7.18. The molecule has 2 aromatic heterocycles. The standard InChI is InChI=1S/C26H21N5O6/c1-30-22-9-7-18(23(32)27-14-16-4-8-20-21(12-16)29-37-28-20)13-19(22)24(33)31(26(30)36)11-10-15-2-5-17(6-3-15)25(34)35/h2-9,12-13H,10-11,14H2,1H3,(H,27,32)(H,34,35). The van der Waals surface area contributed by atoms with Crippen molar-refractivity contribution in [2.24, 2.45) is 7.05 Å². The molecule has 0 bridgehead atoms. The Balaban J connectivity index is 1.38. The fourth-order valence-corrected chi connectivity index (χ4v) is 4.13. The van der Waals surface area contributed by atoms with Gasteiger partial charge >= 0.3 is 11.7 Å². The molecule has 0 aliphatic heterocycles. The van der Waals surface area contributed by atoms with Crippen molar-refractivity contribution in [3.8, 4) is 0 Å². The Bertz CT molecular complexity index is 1780. The molecule has 186 valence electrons. The zero-order valence-electron chi connectivity index (χ0n) is 19.7. The number of benzene rings is 3. The quantitative estimate of drug-likeness (QED) is 0.346. The van der Waals surface area contributed by atoms with Gasteiger partial charge in [0.2, 0.25) is 0 Å². The molecule has 2 N–H and O–H groups in total. The van der Waals surface area contributed by atoms with Crippen LogP contribution < -0.4 is 16.6 Å². The lowest BCUT2D eigenvalue weighted by molar-refractivity contribution is 0.0696. The second kappa shape index (κ2) is 9.53. The highest BCUT2D eigenvalue weighted by atomic mass is 16.6. The molecule has 5 aromatic rings. The molecule has 0 aliphatic carbocycles. The minimum atomic E-state index is -1.03. The van der Waals surface area contributed by atoms with Gasteiger partial charge in [-0.1, -0.05) is 18.2 Å². The highest BCUT2D eigenvalue weighted by Gasteiger charge is 2.15. The molecular formula is C26H21N5O6. The number of aromatic carboxylic acids is 1. The summed E-state index contributed by atoms with van der Waals surface area (Å²) in [7, 11) is 1.57. The number of nitrogens with one attached hydrogen (secondary N) is 1. The number of amides is 1. The first kappa shape index (κ1) is 23.7. The van der Waals surface area contributed by atoms with Crippen molar-refractivity contribution in [1.29, 1.82) is 0 Å². The zero-order valence-corrected chi connectivity index (χ0v) is 19.7. The molecule has 0 fully saturated rings. The van der Waals surface area contributed by atoms with Gasteiger partial charge < -0.3 is 10.4 Å². The van der Waals surface area contributed by atoms with Crippen LogP contribution in [0.1, 0.15) is 31.8 Å². The average Bonchev–Trinajstić information content (AvgIpc) is 3.38. The SMILES string of the molecule is Cn1c(=O)n(CCc2ccc(C(=O)O)cc2)c(=O)c2cc(C(=O)NCc3ccc4nonc4c3)ccc21. The number of hydrogen-bond acceptors (Lipinski definition) is 7. The van der Waals surface area contributed by atoms with Crippen LogP contribution >= 0.6 is 0 Å². The third-order valence-electron chi connectivity index (χ3n) is 6.21. The van der Waals surface area contributed by atoms with Gasteiger partial charge in [0.05, 0.1) is 16.5 Å². The summed E-state index contributed by atoms with van der Waals surface area (Å²) >= 11 is 0. The van der Waals surface area contributed by atoms with E-state index in [0.29, 0.717) is 23.0 Å². The topological polar surface area (TPSA) is 149 Å². The molecule has 1 amide bonds. The van der Waals surface area contributed by atoms with Crippen LogP contribution in [0.5, 0.6) is 0 Å². The molecule has 0 aliphatic rings. The van der Waals surface area contributed by atoms with Crippen molar-refractivity contribution in [2.75, 3.05) is 0 Å². The average molecular weight is 499 g/mol. The third kappa shape index (κ3) is 4.61. The van der Waals surface area contributed by atoms with Crippen LogP contribution in [0.15, 0.2) is 74.9 Å². The van der Waals surface area contributed by atoms with Gasteiger partial charge in [-0.05, 0) is 70.3 Å². The largest absolute Gasteiger partial charge is 0.478 e. The van der Waals surface area contributed by atoms with E-state index in [1.165, 1.54) is 22.8 Å². The smallest absolute Gasteiger partial charge is 0.335 e. The maximum atomic E-state index is 13.2. The van der Waals surface area contributed by atoms with Crippen LogP contribution in [0, 0.1) is 0 Å². The maximum absolute atomic E-state index is 13.2. The Labute approximate surface area is 208 Å². The normalized spacial score (nSPS) is 11.2. The van der Waals surface area contributed by atoms with Gasteiger partial charge in [-0.2, -0.15) is 0 Å². The fraction of sp³-hybridized carbons (Fsp3) is 0.154. The van der Waals surface area contributed by atoms with Gasteiger partial charge in [0.1, 0.15) is 11.0 Å². The summed E-state index contributed by atoms with van der Waals surface area (Å²) in [6, 6.07) is 16.2. The minimum Gasteiger partial charge on any atom is -0.478 e. The minimum absolute atomic E-state index is 0.101. The summed E-state index contributed by atoms with van der Waals surface area (Å²) in [5.41, 5.74) is 2.66. The Morgan fingerprint density at radius 2 is 1.62 bits per heavy atom. The Hall–Kier alpha value is -5.06. The first-order valence-electron chi connectivity index (χ1n) is 11.4. The Kier molecular flexibility index (Phi) is 6.10. The molecule has 2 heterocycles. The highest BCUT2D eigenvalue weighted by molar-refractivity contribution is 5.97. The van der Waals surface area contributed by atoms with Crippen LogP contribution in [0.4, 0.5) is 0 Å². The number of aryl methyl sites for hydroxylation is 2. The van der Waals surface area contributed by atoms with Gasteiger partial charge in [0.25, 0.3) is 11.5 Å². The Morgan fingerprint density at radius 1 is 0.919 bits per heavy atom. The van der Waals surface area contributed by atoms with Crippen molar-refractivity contribution in [3.05, 3.63) is 104 Å². The van der Waals surface area contributed by atoms with Crippen molar-refractivity contribution in [3.63, 3.8) is 0 Å². The van der Waals surface area contributed by atoms with Gasteiger partial charge in [-0.25, -0.2) is 14.2 Å². The molecule has 5 rings (SSSR count). The van der Waals surface area contributed by atoms with Crippen LogP contribution in [-0.4, -0.2) is 36.4 Å². The van der Waals surface area contributed by atoms with Crippen molar-refractivity contribution >= 4 is 33.8 Å². The molecule has 0 spiro atoms. The molecule has 0 unspecified atom stereocenters. The molecule has 0 atom stereocenters. The van der Waals surface area contributed by atoms with Crippen molar-refractivity contribution < 1.29 is 19.3 Å². The van der Waals surface area contributed by atoms with Crippen LogP contribution in [-0.2, 0) is 26.6 Å². The van der Waals surface area contributed by atoms with Crippen LogP contribution in [0.2, 0.25) is 0 Å². The molecule has 3 aromatic carbocycles. The van der Waals surface area contributed by atoms with Crippen molar-refractivity contribution in [1.82, 2.24) is 24.8 Å². The van der Waals surface area contributed by atoms with Gasteiger partial charge in [-0.15, -0.1) is 0 Å². The molecule has 0 saturated heterocycles. The monoisotopic (exact) mass is 499 g/mol. The van der Waals surface area contributed by atoms with E-state index in [1.807, 2.05) is 0 Å². The van der Waals surface area contributed by atoms with Gasteiger partial charge in [0, 0.05) is 25.7 Å². The summed E-state index contributed by atoms with van der Waals surface area (Å²) in [6.45, 7) is 0.335. The number of fused-ring (bicyclic) bond motifs is 2. The van der Waals surface area contributed by atoms with Gasteiger partial charge in [-0.3, -0.25) is 18.7 Å². The number of carbonyl (C=O) groups is 2. The molecule has 37 heavy (non-hydrogen) atoms. The number of carboxylic acids is 1. The lowest BCUT2D eigenvalue weighted by atomic mass is 10.1. The highest BCUT2D eigenvalue weighted by Crippen LogP contribution is 2.14. The van der Waals surface area contributed by atoms with E-state index in [0.717, 1.165) is 15.7 Å². The van der Waals surface area contributed by atoms with Gasteiger partial charge in [0.15, 0.2) is 0 Å². The summed E-state index contributed by atoms with van der Waals surface area (Å²) in [4.78, 5) is 50.0. The summed E-state index contributed by atoms with van der Waals surface area (Å²) in [5.74, 6) is -1.40. The molecular weight excluding hydrogens is 478 g/mol. The van der Waals surface area contributed by atoms with E-state index in [-0.39, 0.29) is 35.5 Å². The van der Waals surface area contributed by atoms with Crippen LogP contribution in [0.25, 0.3) is 21.9 Å². The molecule has 11 heteroatoms. The van der Waals surface area contributed by atoms with E-state index in [2.05, 4.69) is 20.3 Å². The number of carboxylic acid groups (broad SMARTS) is 1.